The summed E-state index contributed by atoms with van der Waals surface area (Å²) in [6.07, 6.45) is 0.743. The molecule has 11 nitrogen and oxygen atoms in total. The van der Waals surface area contributed by atoms with Crippen LogP contribution in [-0.2, 0) is 29.6 Å². The molecule has 0 radical (unpaired) electrons. The van der Waals surface area contributed by atoms with Gasteiger partial charge in [-0.05, 0) is 44.0 Å². The summed E-state index contributed by atoms with van der Waals surface area (Å²) in [6, 6.07) is 5.25. The van der Waals surface area contributed by atoms with Gasteiger partial charge in [0.15, 0.2) is 0 Å². The minimum absolute atomic E-state index is 0.00264. The molecular weight excluding hydrogens is 508 g/mol. The summed E-state index contributed by atoms with van der Waals surface area (Å²) >= 11 is 0. The normalized spacial score (nSPS) is 19.9. The molecule has 2 fully saturated rings. The van der Waals surface area contributed by atoms with Crippen LogP contribution in [0, 0.1) is 5.92 Å². The van der Waals surface area contributed by atoms with Gasteiger partial charge in [0.1, 0.15) is 0 Å². The lowest BCUT2D eigenvalue weighted by atomic mass is 9.98. The summed E-state index contributed by atoms with van der Waals surface area (Å²) in [5, 5.41) is 0. The number of hydrogen-bond acceptors (Lipinski definition) is 7. The van der Waals surface area contributed by atoms with Crippen molar-refractivity contribution in [2.24, 2.45) is 5.92 Å². The molecule has 0 N–H and O–H groups in total. The molecule has 0 unspecified atom stereocenters. The zero-order valence-corrected chi connectivity index (χ0v) is 22.8. The molecular formula is C23H36N4O7S2. The molecule has 0 saturated carbocycles. The summed E-state index contributed by atoms with van der Waals surface area (Å²) in [7, 11) is -7.59. The predicted octanol–water partition coefficient (Wildman–Crippen LogP) is 1.42. The van der Waals surface area contributed by atoms with Gasteiger partial charge in [-0.2, -0.15) is 8.61 Å². The second-order valence-electron chi connectivity index (χ2n) is 8.77. The number of hydrogen-bond donors (Lipinski definition) is 0. The first-order chi connectivity index (χ1) is 17.1. The van der Waals surface area contributed by atoms with E-state index in [2.05, 4.69) is 0 Å². The second kappa shape index (κ2) is 11.9. The van der Waals surface area contributed by atoms with Crippen molar-refractivity contribution in [3.63, 3.8) is 0 Å². The monoisotopic (exact) mass is 544 g/mol. The zero-order chi connectivity index (χ0) is 26.5. The van der Waals surface area contributed by atoms with Gasteiger partial charge in [-0.1, -0.05) is 13.8 Å². The Bertz CT molecular complexity index is 1130. The van der Waals surface area contributed by atoms with Gasteiger partial charge in [0.25, 0.3) is 0 Å². The van der Waals surface area contributed by atoms with Crippen LogP contribution in [0.4, 0.5) is 4.79 Å². The highest BCUT2D eigenvalue weighted by Crippen LogP contribution is 2.27. The number of nitrogens with zero attached hydrogens (tertiary/aromatic N) is 4. The lowest BCUT2D eigenvalue weighted by molar-refractivity contribution is -0.138. The van der Waals surface area contributed by atoms with E-state index in [0.717, 1.165) is 0 Å². The fourth-order valence-electron chi connectivity index (χ4n) is 4.59. The molecule has 0 bridgehead atoms. The third-order valence-electron chi connectivity index (χ3n) is 6.66. The maximum absolute atomic E-state index is 13.3. The summed E-state index contributed by atoms with van der Waals surface area (Å²) in [4.78, 5) is 28.3. The van der Waals surface area contributed by atoms with Crippen molar-refractivity contribution in [3.8, 4) is 0 Å². The number of sulfonamides is 2. The Hall–Kier alpha value is -2.22. The van der Waals surface area contributed by atoms with Gasteiger partial charge in [0.2, 0.25) is 26.0 Å². The maximum atomic E-state index is 13.3. The Labute approximate surface area is 214 Å². The Morgan fingerprint density at radius 3 is 2.00 bits per heavy atom. The van der Waals surface area contributed by atoms with E-state index in [1.807, 2.05) is 0 Å². The Kier molecular flexibility index (Phi) is 9.36. The Balaban J connectivity index is 1.67. The van der Waals surface area contributed by atoms with Crippen LogP contribution in [0.1, 0.15) is 33.6 Å². The Morgan fingerprint density at radius 1 is 0.889 bits per heavy atom. The molecule has 2 amide bonds. The van der Waals surface area contributed by atoms with Gasteiger partial charge in [0, 0.05) is 52.4 Å². The molecule has 13 heteroatoms. The van der Waals surface area contributed by atoms with E-state index in [0.29, 0.717) is 65.3 Å². The molecule has 2 saturated heterocycles. The van der Waals surface area contributed by atoms with Gasteiger partial charge in [-0.15, -0.1) is 0 Å². The predicted molar refractivity (Wildman–Crippen MR) is 133 cm³/mol. The largest absolute Gasteiger partial charge is 0.450 e. The van der Waals surface area contributed by atoms with Crippen molar-refractivity contribution in [3.05, 3.63) is 24.3 Å². The molecule has 1 aromatic rings. The van der Waals surface area contributed by atoms with E-state index in [-0.39, 0.29) is 22.2 Å². The van der Waals surface area contributed by atoms with Crippen molar-refractivity contribution in [1.29, 1.82) is 0 Å². The number of amides is 2. The number of piperazine rings is 1. The highest BCUT2D eigenvalue weighted by molar-refractivity contribution is 7.89. The topological polar surface area (TPSA) is 125 Å². The van der Waals surface area contributed by atoms with Gasteiger partial charge in [-0.3, -0.25) is 4.79 Å². The van der Waals surface area contributed by atoms with E-state index < -0.39 is 32.1 Å². The SMILES string of the molecule is CCOC(=O)N1CCN(C(=O)[C@@H]2CCCN(S(=O)(=O)c3ccc(S(=O)(=O)N(CC)CC)cc3)C2)CC1. The fourth-order valence-corrected chi connectivity index (χ4v) is 7.57. The highest BCUT2D eigenvalue weighted by Gasteiger charge is 2.36. The fraction of sp³-hybridized carbons (Fsp3) is 0.652. The summed E-state index contributed by atoms with van der Waals surface area (Å²) in [5.74, 6) is -0.580. The zero-order valence-electron chi connectivity index (χ0n) is 21.1. The molecule has 1 aromatic carbocycles. The van der Waals surface area contributed by atoms with Gasteiger partial charge < -0.3 is 14.5 Å². The number of benzene rings is 1. The lowest BCUT2D eigenvalue weighted by Gasteiger charge is -2.38. The molecule has 36 heavy (non-hydrogen) atoms. The van der Waals surface area contributed by atoms with E-state index in [4.69, 9.17) is 4.74 Å². The van der Waals surface area contributed by atoms with Crippen LogP contribution < -0.4 is 0 Å². The molecule has 0 spiro atoms. The van der Waals surface area contributed by atoms with Crippen LogP contribution in [0.5, 0.6) is 0 Å². The van der Waals surface area contributed by atoms with Crippen LogP contribution in [0.3, 0.4) is 0 Å². The standard InChI is InChI=1S/C23H36N4O7S2/c1-4-26(5-2)35(30,31)20-9-11-21(12-10-20)36(32,33)27-13-7-8-19(18-27)22(28)24-14-16-25(17-15-24)23(29)34-6-3/h9-12,19H,4-8,13-18H2,1-3H3/t19-/m1/s1. The first kappa shape index (κ1) is 28.4. The Morgan fingerprint density at radius 2 is 1.44 bits per heavy atom. The average Bonchev–Trinajstić information content (AvgIpc) is 2.89. The summed E-state index contributed by atoms with van der Waals surface area (Å²) < 4.78 is 59.7. The first-order valence-corrected chi connectivity index (χ1v) is 15.2. The quantitative estimate of drug-likeness (QED) is 0.485. The van der Waals surface area contributed by atoms with Crippen LogP contribution in [0.15, 0.2) is 34.1 Å². The van der Waals surface area contributed by atoms with E-state index in [1.165, 1.54) is 32.9 Å². The molecule has 3 rings (SSSR count). The molecule has 1 atom stereocenters. The maximum Gasteiger partial charge on any atom is 0.409 e. The van der Waals surface area contributed by atoms with Crippen LogP contribution >= 0.6 is 0 Å². The summed E-state index contributed by atoms with van der Waals surface area (Å²) in [6.45, 7) is 8.03. The smallest absolute Gasteiger partial charge is 0.409 e. The van der Waals surface area contributed by atoms with Gasteiger partial charge in [0.05, 0.1) is 22.3 Å². The number of carbonyl (C=O) groups excluding carboxylic acids is 2. The third kappa shape index (κ3) is 6.01. The van der Waals surface area contributed by atoms with Crippen molar-refractivity contribution in [2.75, 3.05) is 59.0 Å². The minimum Gasteiger partial charge on any atom is -0.450 e. The molecule has 2 aliphatic heterocycles. The van der Waals surface area contributed by atoms with Crippen LogP contribution in [-0.4, -0.2) is 106 Å². The number of rotatable bonds is 8. The molecule has 0 aliphatic carbocycles. The van der Waals surface area contributed by atoms with Crippen molar-refractivity contribution >= 4 is 32.0 Å². The molecule has 2 heterocycles. The lowest BCUT2D eigenvalue weighted by Crippen LogP contribution is -2.54. The first-order valence-electron chi connectivity index (χ1n) is 12.4. The molecule has 202 valence electrons. The molecule has 0 aromatic heterocycles. The van der Waals surface area contributed by atoms with Gasteiger partial charge >= 0.3 is 6.09 Å². The third-order valence-corrected chi connectivity index (χ3v) is 10.6. The average molecular weight is 545 g/mol. The highest BCUT2D eigenvalue weighted by atomic mass is 32.2. The van der Waals surface area contributed by atoms with Crippen LogP contribution in [0.2, 0.25) is 0 Å². The summed E-state index contributed by atoms with van der Waals surface area (Å²) in [5.41, 5.74) is 0. The number of ether oxygens (including phenoxy) is 1. The number of piperidine rings is 1. The van der Waals surface area contributed by atoms with Crippen molar-refractivity contribution in [2.45, 2.75) is 43.4 Å². The molecule has 2 aliphatic rings. The van der Waals surface area contributed by atoms with E-state index in [1.54, 1.807) is 30.6 Å². The van der Waals surface area contributed by atoms with E-state index in [9.17, 15) is 26.4 Å². The van der Waals surface area contributed by atoms with E-state index >= 15 is 0 Å². The second-order valence-corrected chi connectivity index (χ2v) is 12.7. The van der Waals surface area contributed by atoms with Crippen molar-refractivity contribution in [1.82, 2.24) is 18.4 Å². The van der Waals surface area contributed by atoms with Crippen LogP contribution in [0.25, 0.3) is 0 Å². The number of carbonyl (C=O) groups is 2. The minimum atomic E-state index is -3.89. The van der Waals surface area contributed by atoms with Crippen molar-refractivity contribution < 1.29 is 31.2 Å². The van der Waals surface area contributed by atoms with Gasteiger partial charge in [-0.25, -0.2) is 21.6 Å².